The average molecular weight is 425 g/mol. The van der Waals surface area contributed by atoms with Gasteiger partial charge in [-0.2, -0.15) is 0 Å². The van der Waals surface area contributed by atoms with Gasteiger partial charge in [0.15, 0.2) is 0 Å². The molecule has 1 aliphatic rings. The lowest BCUT2D eigenvalue weighted by Crippen LogP contribution is -2.50. The van der Waals surface area contributed by atoms with Crippen LogP contribution in [0.3, 0.4) is 0 Å². The molecule has 0 saturated carbocycles. The number of benzene rings is 1. The topological polar surface area (TPSA) is 87.9 Å². The molecule has 1 fully saturated rings. The van der Waals surface area contributed by atoms with Gasteiger partial charge in [0.25, 0.3) is 0 Å². The van der Waals surface area contributed by atoms with Crippen molar-refractivity contribution in [2.24, 2.45) is 5.92 Å². The molecule has 0 aliphatic carbocycles. The van der Waals surface area contributed by atoms with Crippen LogP contribution in [-0.4, -0.2) is 48.7 Å². The number of carbonyl (C=O) groups is 2. The maximum Gasteiger partial charge on any atom is 0.410 e. The lowest BCUT2D eigenvalue weighted by atomic mass is 10.0. The van der Waals surface area contributed by atoms with Gasteiger partial charge in [0.05, 0.1) is 22.1 Å². The van der Waals surface area contributed by atoms with Gasteiger partial charge in [0, 0.05) is 32.1 Å². The van der Waals surface area contributed by atoms with Gasteiger partial charge in [-0.05, 0) is 45.7 Å². The second-order valence-electron chi connectivity index (χ2n) is 8.35. The van der Waals surface area contributed by atoms with Crippen LogP contribution in [0, 0.1) is 5.92 Å². The van der Waals surface area contributed by atoms with Gasteiger partial charge in [-0.15, -0.1) is 0 Å². The number of nitrogens with one attached hydrogen (secondary N) is 1. The number of ether oxygens (including phenoxy) is 1. The molecule has 2 rings (SSSR count). The number of halogens is 1. The molecular formula is C21H33ClN4O3. The lowest BCUT2D eigenvalue weighted by molar-refractivity contribution is -0.120. The first-order valence-electron chi connectivity index (χ1n) is 10.2. The molecule has 0 spiro atoms. The maximum atomic E-state index is 12.4. The van der Waals surface area contributed by atoms with Crippen LogP contribution in [0.15, 0.2) is 12.1 Å². The quantitative estimate of drug-likeness (QED) is 0.686. The minimum atomic E-state index is -0.513. The summed E-state index contributed by atoms with van der Waals surface area (Å²) in [5, 5.41) is 3.41. The Bertz CT molecular complexity index is 736. The zero-order valence-corrected chi connectivity index (χ0v) is 18.8. The maximum absolute atomic E-state index is 12.4. The molecule has 0 aromatic heterocycles. The Morgan fingerprint density at radius 1 is 1.17 bits per heavy atom. The van der Waals surface area contributed by atoms with E-state index in [9.17, 15) is 9.59 Å². The Hall–Kier alpha value is -2.15. The van der Waals surface area contributed by atoms with Crippen LogP contribution in [0.1, 0.15) is 47.5 Å². The first-order valence-corrected chi connectivity index (χ1v) is 10.6. The van der Waals surface area contributed by atoms with Crippen LogP contribution in [0.2, 0.25) is 5.02 Å². The number of nitrogen functional groups attached to an aromatic ring is 1. The van der Waals surface area contributed by atoms with Crippen molar-refractivity contribution in [1.29, 1.82) is 0 Å². The predicted molar refractivity (Wildman–Crippen MR) is 119 cm³/mol. The van der Waals surface area contributed by atoms with Crippen molar-refractivity contribution < 1.29 is 14.3 Å². The summed E-state index contributed by atoms with van der Waals surface area (Å²) in [6.07, 6.45) is 1.24. The summed E-state index contributed by atoms with van der Waals surface area (Å²) in [4.78, 5) is 28.4. The summed E-state index contributed by atoms with van der Waals surface area (Å²) < 4.78 is 5.43. The van der Waals surface area contributed by atoms with E-state index >= 15 is 0 Å². The predicted octanol–water partition coefficient (Wildman–Crippen LogP) is 4.35. The minimum Gasteiger partial charge on any atom is -0.444 e. The molecule has 0 radical (unpaired) electrons. The molecule has 0 unspecified atom stereocenters. The third kappa shape index (κ3) is 6.16. The molecule has 0 atom stereocenters. The monoisotopic (exact) mass is 424 g/mol. The Morgan fingerprint density at radius 3 is 2.28 bits per heavy atom. The smallest absolute Gasteiger partial charge is 0.410 e. The van der Waals surface area contributed by atoms with Crippen molar-refractivity contribution in [3.63, 3.8) is 0 Å². The van der Waals surface area contributed by atoms with E-state index in [0.29, 0.717) is 42.6 Å². The van der Waals surface area contributed by atoms with Crippen LogP contribution < -0.4 is 16.0 Å². The number of carbonyl (C=O) groups excluding carboxylic acids is 2. The molecule has 2 amide bonds. The van der Waals surface area contributed by atoms with Crippen LogP contribution in [-0.2, 0) is 9.53 Å². The molecule has 1 aromatic rings. The highest BCUT2D eigenvalue weighted by atomic mass is 35.5. The summed E-state index contributed by atoms with van der Waals surface area (Å²) in [6.45, 7) is 11.9. The van der Waals surface area contributed by atoms with Crippen molar-refractivity contribution in [3.8, 4) is 0 Å². The van der Waals surface area contributed by atoms with Crippen LogP contribution >= 0.6 is 11.6 Å². The summed E-state index contributed by atoms with van der Waals surface area (Å²) in [7, 11) is 0. The number of hydrogen-bond acceptors (Lipinski definition) is 5. The van der Waals surface area contributed by atoms with Gasteiger partial charge < -0.3 is 25.6 Å². The molecule has 1 aliphatic heterocycles. The van der Waals surface area contributed by atoms with Gasteiger partial charge in [-0.25, -0.2) is 4.79 Å². The normalized spacial score (nSPS) is 14.9. The van der Waals surface area contributed by atoms with E-state index in [0.717, 1.165) is 18.5 Å². The summed E-state index contributed by atoms with van der Waals surface area (Å²) >= 11 is 6.50. The molecule has 162 valence electrons. The highest BCUT2D eigenvalue weighted by molar-refractivity contribution is 6.34. The number of amides is 2. The molecule has 1 heterocycles. The van der Waals surface area contributed by atoms with Crippen LogP contribution in [0.25, 0.3) is 0 Å². The highest BCUT2D eigenvalue weighted by Gasteiger charge is 2.27. The standard InChI is InChI=1S/C21H33ClN4O3/c1-6-14(7-2)19(27)24-17-12-15(22)18(13-16(17)23)25-8-10-26(11-9-25)20(28)29-21(3,4)5/h12-14H,6-11,23H2,1-5H3,(H,24,27). The number of rotatable bonds is 5. The van der Waals surface area contributed by atoms with Gasteiger partial charge in [0.2, 0.25) is 5.91 Å². The Kier molecular flexibility index (Phi) is 7.63. The number of anilines is 3. The van der Waals surface area contributed by atoms with E-state index in [-0.39, 0.29) is 17.9 Å². The van der Waals surface area contributed by atoms with Gasteiger partial charge >= 0.3 is 6.09 Å². The van der Waals surface area contributed by atoms with Gasteiger partial charge in [-0.1, -0.05) is 25.4 Å². The Balaban J connectivity index is 2.05. The van der Waals surface area contributed by atoms with Gasteiger partial charge in [0.1, 0.15) is 5.60 Å². The molecule has 0 bridgehead atoms. The van der Waals surface area contributed by atoms with E-state index < -0.39 is 5.60 Å². The molecular weight excluding hydrogens is 392 g/mol. The van der Waals surface area contributed by atoms with E-state index in [1.807, 2.05) is 34.6 Å². The highest BCUT2D eigenvalue weighted by Crippen LogP contribution is 2.34. The van der Waals surface area contributed by atoms with E-state index in [1.165, 1.54) is 0 Å². The lowest BCUT2D eigenvalue weighted by Gasteiger charge is -2.37. The zero-order chi connectivity index (χ0) is 21.8. The van der Waals surface area contributed by atoms with E-state index in [4.69, 9.17) is 22.1 Å². The molecule has 3 N–H and O–H groups in total. The second-order valence-corrected chi connectivity index (χ2v) is 8.76. The summed E-state index contributed by atoms with van der Waals surface area (Å²) in [5.41, 5.74) is 7.48. The average Bonchev–Trinajstić information content (AvgIpc) is 2.64. The molecule has 29 heavy (non-hydrogen) atoms. The van der Waals surface area contributed by atoms with Crippen molar-refractivity contribution in [3.05, 3.63) is 17.2 Å². The largest absolute Gasteiger partial charge is 0.444 e. The first-order chi connectivity index (χ1) is 13.6. The number of piperazine rings is 1. The SMILES string of the molecule is CCC(CC)C(=O)Nc1cc(Cl)c(N2CCN(C(=O)OC(C)(C)C)CC2)cc1N. The van der Waals surface area contributed by atoms with Crippen molar-refractivity contribution in [2.75, 3.05) is 42.1 Å². The fraction of sp³-hybridized carbons (Fsp3) is 0.619. The second kappa shape index (κ2) is 9.57. The van der Waals surface area contributed by atoms with Crippen LogP contribution in [0.4, 0.5) is 21.9 Å². The Labute approximate surface area is 178 Å². The number of nitrogens with zero attached hydrogens (tertiary/aromatic N) is 2. The number of hydrogen-bond donors (Lipinski definition) is 2. The van der Waals surface area contributed by atoms with Crippen molar-refractivity contribution in [2.45, 2.75) is 53.1 Å². The number of nitrogens with two attached hydrogens (primary N) is 1. The fourth-order valence-electron chi connectivity index (χ4n) is 3.28. The van der Waals surface area contributed by atoms with E-state index in [2.05, 4.69) is 10.2 Å². The third-order valence-electron chi connectivity index (χ3n) is 5.01. The van der Waals surface area contributed by atoms with E-state index in [1.54, 1.807) is 17.0 Å². The molecule has 7 nitrogen and oxygen atoms in total. The first kappa shape index (κ1) is 23.1. The van der Waals surface area contributed by atoms with Gasteiger partial charge in [-0.3, -0.25) is 4.79 Å². The third-order valence-corrected chi connectivity index (χ3v) is 5.31. The van der Waals surface area contributed by atoms with Crippen molar-refractivity contribution >= 4 is 40.7 Å². The summed E-state index contributed by atoms with van der Waals surface area (Å²) in [5.74, 6) is -0.0923. The fourth-order valence-corrected chi connectivity index (χ4v) is 3.56. The van der Waals surface area contributed by atoms with Crippen LogP contribution in [0.5, 0.6) is 0 Å². The summed E-state index contributed by atoms with van der Waals surface area (Å²) in [6, 6.07) is 3.49. The zero-order valence-electron chi connectivity index (χ0n) is 18.0. The molecule has 1 aromatic carbocycles. The van der Waals surface area contributed by atoms with Crippen molar-refractivity contribution in [1.82, 2.24) is 4.90 Å². The molecule has 8 heteroatoms. The minimum absolute atomic E-state index is 0.0449. The Morgan fingerprint density at radius 2 is 1.76 bits per heavy atom. The molecule has 1 saturated heterocycles.